The topological polar surface area (TPSA) is 38.1 Å². The smallest absolute Gasteiger partial charge is 0.197 e. The number of furan rings is 1. The molecule has 5 heteroatoms. The molecule has 0 radical (unpaired) electrons. The lowest BCUT2D eigenvalue weighted by Gasteiger charge is -2.14. The molecule has 0 amide bonds. The van der Waals surface area contributed by atoms with Gasteiger partial charge in [0.05, 0.1) is 6.26 Å². The molecule has 1 N–H and O–H groups in total. The van der Waals surface area contributed by atoms with Gasteiger partial charge in [-0.1, -0.05) is 0 Å². The number of nitrogens with zero attached hydrogens (tertiary/aromatic N) is 1. The van der Waals surface area contributed by atoms with Crippen LogP contribution in [-0.4, -0.2) is 12.0 Å². The van der Waals surface area contributed by atoms with Crippen molar-refractivity contribution >= 4 is 27.5 Å². The first kappa shape index (κ1) is 12.6. The highest BCUT2D eigenvalue weighted by molar-refractivity contribution is 9.10. The second-order valence-corrected chi connectivity index (χ2v) is 4.92. The predicted molar refractivity (Wildman–Crippen MR) is 71.2 cm³/mol. The lowest BCUT2D eigenvalue weighted by Crippen LogP contribution is -2.19. The van der Waals surface area contributed by atoms with Gasteiger partial charge in [-0.05, 0) is 52.8 Å². The van der Waals surface area contributed by atoms with Crippen LogP contribution >= 0.6 is 27.5 Å². The Kier molecular flexibility index (Phi) is 4.20. The molecule has 2 rings (SSSR count). The molecule has 0 aromatic carbocycles. The van der Waals surface area contributed by atoms with E-state index in [2.05, 4.69) is 26.2 Å². The molecule has 0 aliphatic rings. The Morgan fingerprint density at radius 2 is 2.29 bits per heavy atom. The molecule has 0 saturated carbocycles. The molecule has 0 aliphatic carbocycles. The third kappa shape index (κ3) is 3.09. The summed E-state index contributed by atoms with van der Waals surface area (Å²) in [5, 5.41) is 3.64. The van der Waals surface area contributed by atoms with Crippen molar-refractivity contribution in [3.05, 3.63) is 51.6 Å². The minimum absolute atomic E-state index is 0.106. The minimum atomic E-state index is 0.106. The van der Waals surface area contributed by atoms with E-state index < -0.39 is 0 Å². The second kappa shape index (κ2) is 5.67. The fourth-order valence-electron chi connectivity index (χ4n) is 1.66. The first-order chi connectivity index (χ1) is 8.20. The van der Waals surface area contributed by atoms with Crippen LogP contribution in [0.1, 0.15) is 17.3 Å². The number of hydrogen-bond acceptors (Lipinski definition) is 3. The zero-order chi connectivity index (χ0) is 12.3. The van der Waals surface area contributed by atoms with Gasteiger partial charge in [-0.3, -0.25) is 4.98 Å². The van der Waals surface area contributed by atoms with Crippen molar-refractivity contribution in [3.63, 3.8) is 0 Å². The van der Waals surface area contributed by atoms with Crippen molar-refractivity contribution < 1.29 is 4.42 Å². The number of aromatic nitrogens is 1. The summed E-state index contributed by atoms with van der Waals surface area (Å²) in [4.78, 5) is 4.35. The van der Waals surface area contributed by atoms with E-state index in [1.54, 1.807) is 12.5 Å². The van der Waals surface area contributed by atoms with Gasteiger partial charge in [0.25, 0.3) is 0 Å². The van der Waals surface area contributed by atoms with Crippen LogP contribution in [0.15, 0.2) is 39.5 Å². The first-order valence-electron chi connectivity index (χ1n) is 5.21. The molecule has 1 unspecified atom stereocenters. The predicted octanol–water partition coefficient (Wildman–Crippen LogP) is 3.59. The van der Waals surface area contributed by atoms with Crippen LogP contribution in [0.2, 0.25) is 5.22 Å². The highest BCUT2D eigenvalue weighted by Crippen LogP contribution is 2.26. The van der Waals surface area contributed by atoms with Gasteiger partial charge < -0.3 is 9.73 Å². The molecule has 2 aromatic heterocycles. The molecule has 3 nitrogen and oxygen atoms in total. The van der Waals surface area contributed by atoms with E-state index in [1.165, 1.54) is 0 Å². The highest BCUT2D eigenvalue weighted by atomic mass is 79.9. The van der Waals surface area contributed by atoms with Crippen LogP contribution in [0.25, 0.3) is 0 Å². The van der Waals surface area contributed by atoms with Crippen LogP contribution in [0.5, 0.6) is 0 Å². The number of halogens is 2. The second-order valence-electron chi connectivity index (χ2n) is 3.66. The summed E-state index contributed by atoms with van der Waals surface area (Å²) in [6.45, 7) is 0. The summed E-state index contributed by atoms with van der Waals surface area (Å²) in [6.07, 6.45) is 4.15. The Morgan fingerprint density at radius 3 is 2.82 bits per heavy atom. The van der Waals surface area contributed by atoms with E-state index >= 15 is 0 Å². The fraction of sp³-hybridized carbons (Fsp3) is 0.250. The van der Waals surface area contributed by atoms with Gasteiger partial charge in [0.2, 0.25) is 0 Å². The Balaban J connectivity index is 2.16. The largest absolute Gasteiger partial charge is 0.453 e. The summed E-state index contributed by atoms with van der Waals surface area (Å²) in [6, 6.07) is 5.95. The van der Waals surface area contributed by atoms with Crippen LogP contribution < -0.4 is 5.32 Å². The maximum Gasteiger partial charge on any atom is 0.197 e. The van der Waals surface area contributed by atoms with Crippen molar-refractivity contribution in [3.8, 4) is 0 Å². The maximum atomic E-state index is 5.97. The zero-order valence-electron chi connectivity index (χ0n) is 9.28. The summed E-state index contributed by atoms with van der Waals surface area (Å²) in [5.41, 5.74) is 1.96. The third-order valence-electron chi connectivity index (χ3n) is 2.57. The lowest BCUT2D eigenvalue weighted by molar-refractivity contribution is 0.542. The number of rotatable bonds is 4. The average Bonchev–Trinajstić information content (AvgIpc) is 2.75. The van der Waals surface area contributed by atoms with Crippen molar-refractivity contribution in [2.45, 2.75) is 12.5 Å². The summed E-state index contributed by atoms with van der Waals surface area (Å²) in [5.74, 6) is 0. The maximum absolute atomic E-state index is 5.97. The van der Waals surface area contributed by atoms with Gasteiger partial charge in [0, 0.05) is 34.4 Å². The van der Waals surface area contributed by atoms with Crippen LogP contribution in [0, 0.1) is 0 Å². The van der Waals surface area contributed by atoms with Gasteiger partial charge in [0.15, 0.2) is 5.22 Å². The van der Waals surface area contributed by atoms with Crippen molar-refractivity contribution in [1.82, 2.24) is 10.3 Å². The Bertz CT molecular complexity index is 484. The van der Waals surface area contributed by atoms with Gasteiger partial charge in [0.1, 0.15) is 0 Å². The molecular weight excluding hydrogens is 304 g/mol. The number of likely N-dealkylation sites (N-methyl/N-ethyl adjacent to an activating group) is 1. The van der Waals surface area contributed by atoms with E-state index in [-0.39, 0.29) is 6.04 Å². The van der Waals surface area contributed by atoms with Crippen LogP contribution in [-0.2, 0) is 6.42 Å². The molecular formula is C12H12BrClN2O. The third-order valence-corrected chi connectivity index (χ3v) is 3.35. The van der Waals surface area contributed by atoms with Crippen molar-refractivity contribution in [1.29, 1.82) is 0 Å². The molecule has 0 saturated heterocycles. The molecule has 90 valence electrons. The van der Waals surface area contributed by atoms with Crippen molar-refractivity contribution in [2.24, 2.45) is 0 Å². The lowest BCUT2D eigenvalue weighted by atomic mass is 10.1. The van der Waals surface area contributed by atoms with E-state index in [4.69, 9.17) is 16.0 Å². The van der Waals surface area contributed by atoms with E-state index in [0.29, 0.717) is 5.22 Å². The monoisotopic (exact) mass is 314 g/mol. The Morgan fingerprint density at radius 1 is 1.47 bits per heavy atom. The fourth-order valence-corrected chi connectivity index (χ4v) is 2.14. The van der Waals surface area contributed by atoms with E-state index in [1.807, 2.05) is 25.2 Å². The van der Waals surface area contributed by atoms with Gasteiger partial charge in [-0.2, -0.15) is 0 Å². The minimum Gasteiger partial charge on any atom is -0.453 e. The first-order valence-corrected chi connectivity index (χ1v) is 6.38. The molecule has 17 heavy (non-hydrogen) atoms. The number of nitrogens with one attached hydrogen (secondary N) is 1. The molecule has 2 aromatic rings. The molecule has 0 aliphatic heterocycles. The molecule has 2 heterocycles. The quantitative estimate of drug-likeness (QED) is 0.937. The molecule has 0 spiro atoms. The Hall–Kier alpha value is -0.840. The van der Waals surface area contributed by atoms with Gasteiger partial charge >= 0.3 is 0 Å². The normalized spacial score (nSPS) is 12.6. The SMILES string of the molecule is CNC(Cc1ccc(Br)cn1)c1ccoc1Cl. The molecule has 0 fully saturated rings. The number of hydrogen-bond donors (Lipinski definition) is 1. The summed E-state index contributed by atoms with van der Waals surface area (Å²) < 4.78 is 6.08. The van der Waals surface area contributed by atoms with Crippen LogP contribution in [0.4, 0.5) is 0 Å². The summed E-state index contributed by atoms with van der Waals surface area (Å²) in [7, 11) is 1.90. The van der Waals surface area contributed by atoms with Gasteiger partial charge in [-0.15, -0.1) is 0 Å². The standard InChI is InChI=1S/C12H12BrClN2O/c1-15-11(10-4-5-17-12(10)14)6-9-3-2-8(13)7-16-9/h2-5,7,11,15H,6H2,1H3. The Labute approximate surface area is 113 Å². The molecule has 0 bridgehead atoms. The van der Waals surface area contributed by atoms with E-state index in [0.717, 1.165) is 22.2 Å². The number of pyridine rings is 1. The molecule has 1 atom stereocenters. The van der Waals surface area contributed by atoms with Crippen molar-refractivity contribution in [2.75, 3.05) is 7.05 Å². The average molecular weight is 316 g/mol. The summed E-state index contributed by atoms with van der Waals surface area (Å²) >= 11 is 9.34. The van der Waals surface area contributed by atoms with E-state index in [9.17, 15) is 0 Å². The van der Waals surface area contributed by atoms with Gasteiger partial charge in [-0.25, -0.2) is 0 Å². The highest BCUT2D eigenvalue weighted by Gasteiger charge is 2.16. The van der Waals surface area contributed by atoms with Crippen LogP contribution in [0.3, 0.4) is 0 Å². The zero-order valence-corrected chi connectivity index (χ0v) is 11.6.